The van der Waals surface area contributed by atoms with Crippen LogP contribution in [0, 0.1) is 5.92 Å². The lowest BCUT2D eigenvalue weighted by Gasteiger charge is -2.23. The summed E-state index contributed by atoms with van der Waals surface area (Å²) in [5, 5.41) is 7.59. The van der Waals surface area contributed by atoms with E-state index in [9.17, 15) is 4.79 Å². The van der Waals surface area contributed by atoms with E-state index in [4.69, 9.17) is 23.2 Å². The Morgan fingerprint density at radius 1 is 1.20 bits per heavy atom. The fourth-order valence-corrected chi connectivity index (χ4v) is 3.18. The Bertz CT molecular complexity index is 515. The van der Waals surface area contributed by atoms with Gasteiger partial charge < -0.3 is 10.6 Å². The third kappa shape index (κ3) is 3.11. The van der Waals surface area contributed by atoms with E-state index in [-0.39, 0.29) is 11.8 Å². The van der Waals surface area contributed by atoms with Crippen molar-refractivity contribution in [1.82, 2.24) is 10.6 Å². The summed E-state index contributed by atoms with van der Waals surface area (Å²) in [4.78, 5) is 12.2. The zero-order valence-corrected chi connectivity index (χ0v) is 12.7. The molecule has 3 nitrogen and oxygen atoms in total. The second-order valence-electron chi connectivity index (χ2n) is 5.66. The minimum Gasteiger partial charge on any atom is -0.353 e. The maximum atomic E-state index is 12.2. The second-order valence-corrected chi connectivity index (χ2v) is 6.47. The molecule has 0 aromatic heterocycles. The van der Waals surface area contributed by atoms with Crippen LogP contribution in [0.1, 0.15) is 30.7 Å². The van der Waals surface area contributed by atoms with Crippen LogP contribution in [0.4, 0.5) is 0 Å². The molecule has 1 aromatic rings. The van der Waals surface area contributed by atoms with Crippen LogP contribution in [0.2, 0.25) is 10.0 Å². The largest absolute Gasteiger partial charge is 0.353 e. The average Bonchev–Trinajstić information content (AvgIpc) is 3.23. The molecule has 2 atom stereocenters. The highest BCUT2D eigenvalue weighted by molar-refractivity contribution is 6.42. The van der Waals surface area contributed by atoms with Gasteiger partial charge in [0.25, 0.3) is 0 Å². The molecule has 2 aliphatic rings. The highest BCUT2D eigenvalue weighted by Gasteiger charge is 2.44. The van der Waals surface area contributed by atoms with Crippen molar-refractivity contribution in [3.05, 3.63) is 33.8 Å². The fraction of sp³-hybridized carbons (Fsp3) is 0.533. The average molecular weight is 313 g/mol. The van der Waals surface area contributed by atoms with E-state index in [0.29, 0.717) is 22.0 Å². The van der Waals surface area contributed by atoms with E-state index in [1.165, 1.54) is 0 Å². The summed E-state index contributed by atoms with van der Waals surface area (Å²) in [6.45, 7) is 1.98. The Kier molecular flexibility index (Phi) is 4.20. The van der Waals surface area contributed by atoms with Gasteiger partial charge in [0.2, 0.25) is 5.91 Å². The van der Waals surface area contributed by atoms with E-state index in [1.54, 1.807) is 6.07 Å². The summed E-state index contributed by atoms with van der Waals surface area (Å²) in [5.74, 6) is 0.585. The molecular formula is C15H18Cl2N2O. The number of hydrogen-bond donors (Lipinski definition) is 2. The topological polar surface area (TPSA) is 41.1 Å². The Hall–Kier alpha value is -0.770. The van der Waals surface area contributed by atoms with E-state index in [0.717, 1.165) is 37.9 Å². The number of amides is 1. The molecular weight excluding hydrogens is 295 g/mol. The van der Waals surface area contributed by atoms with Crippen LogP contribution in [0.15, 0.2) is 18.2 Å². The number of hydrogen-bond acceptors (Lipinski definition) is 2. The van der Waals surface area contributed by atoms with Crippen LogP contribution in [-0.2, 0) is 4.79 Å². The van der Waals surface area contributed by atoms with Gasteiger partial charge in [-0.2, -0.15) is 0 Å². The van der Waals surface area contributed by atoms with Gasteiger partial charge in [0.05, 0.1) is 10.0 Å². The van der Waals surface area contributed by atoms with Crippen LogP contribution < -0.4 is 10.6 Å². The Morgan fingerprint density at radius 2 is 1.95 bits per heavy atom. The number of nitrogens with one attached hydrogen (secondary N) is 2. The molecule has 0 radical (unpaired) electrons. The Morgan fingerprint density at radius 3 is 2.65 bits per heavy atom. The number of piperidine rings is 1. The van der Waals surface area contributed by atoms with Gasteiger partial charge in [-0.1, -0.05) is 29.3 Å². The van der Waals surface area contributed by atoms with Gasteiger partial charge in [-0.3, -0.25) is 4.79 Å². The number of rotatable bonds is 3. The fourth-order valence-electron chi connectivity index (χ4n) is 2.87. The summed E-state index contributed by atoms with van der Waals surface area (Å²) in [6.07, 6.45) is 2.96. The molecule has 2 unspecified atom stereocenters. The van der Waals surface area contributed by atoms with Crippen LogP contribution in [0.25, 0.3) is 0 Å². The SMILES string of the molecule is O=C(NC1CCNCC1)C1CC1c1ccc(Cl)c(Cl)c1. The van der Waals surface area contributed by atoms with Gasteiger partial charge in [0.15, 0.2) is 0 Å². The van der Waals surface area contributed by atoms with Gasteiger partial charge in [-0.25, -0.2) is 0 Å². The quantitative estimate of drug-likeness (QED) is 0.901. The summed E-state index contributed by atoms with van der Waals surface area (Å²) in [6, 6.07) is 5.99. The monoisotopic (exact) mass is 312 g/mol. The van der Waals surface area contributed by atoms with Crippen molar-refractivity contribution in [1.29, 1.82) is 0 Å². The summed E-state index contributed by atoms with van der Waals surface area (Å²) >= 11 is 11.9. The molecule has 5 heteroatoms. The first kappa shape index (κ1) is 14.2. The van der Waals surface area contributed by atoms with Crippen molar-refractivity contribution in [3.8, 4) is 0 Å². The first-order chi connectivity index (χ1) is 9.65. The van der Waals surface area contributed by atoms with Crippen molar-refractivity contribution < 1.29 is 4.79 Å². The molecule has 108 valence electrons. The summed E-state index contributed by atoms with van der Waals surface area (Å²) in [5.41, 5.74) is 1.12. The van der Waals surface area contributed by atoms with E-state index in [2.05, 4.69) is 10.6 Å². The summed E-state index contributed by atoms with van der Waals surface area (Å²) in [7, 11) is 0. The van der Waals surface area contributed by atoms with Crippen molar-refractivity contribution in [2.24, 2.45) is 5.92 Å². The molecule has 1 aliphatic carbocycles. The first-order valence-corrected chi connectivity index (χ1v) is 7.87. The predicted octanol–water partition coefficient (Wildman–Crippen LogP) is 2.97. The molecule has 1 amide bonds. The molecule has 3 rings (SSSR count). The highest BCUT2D eigenvalue weighted by Crippen LogP contribution is 2.48. The van der Waals surface area contributed by atoms with E-state index >= 15 is 0 Å². The number of carbonyl (C=O) groups excluding carboxylic acids is 1. The van der Waals surface area contributed by atoms with Crippen molar-refractivity contribution in [3.63, 3.8) is 0 Å². The van der Waals surface area contributed by atoms with Gasteiger partial charge in [-0.15, -0.1) is 0 Å². The molecule has 1 saturated heterocycles. The number of halogens is 2. The van der Waals surface area contributed by atoms with Crippen LogP contribution in [-0.4, -0.2) is 25.0 Å². The Labute approximate surface area is 129 Å². The van der Waals surface area contributed by atoms with Crippen molar-refractivity contribution in [2.45, 2.75) is 31.2 Å². The minimum atomic E-state index is 0.0992. The summed E-state index contributed by atoms with van der Waals surface area (Å²) < 4.78 is 0. The van der Waals surface area contributed by atoms with Crippen LogP contribution >= 0.6 is 23.2 Å². The van der Waals surface area contributed by atoms with Crippen molar-refractivity contribution in [2.75, 3.05) is 13.1 Å². The first-order valence-electron chi connectivity index (χ1n) is 7.11. The molecule has 2 N–H and O–H groups in total. The third-order valence-electron chi connectivity index (χ3n) is 4.18. The van der Waals surface area contributed by atoms with E-state index in [1.807, 2.05) is 12.1 Å². The predicted molar refractivity (Wildman–Crippen MR) is 81.3 cm³/mol. The van der Waals surface area contributed by atoms with Gasteiger partial charge in [0.1, 0.15) is 0 Å². The standard InChI is InChI=1S/C15H18Cl2N2O/c16-13-2-1-9(7-14(13)17)11-8-12(11)15(20)19-10-3-5-18-6-4-10/h1-2,7,10-12,18H,3-6,8H2,(H,19,20). The number of carbonyl (C=O) groups is 1. The lowest BCUT2D eigenvalue weighted by Crippen LogP contribution is -2.43. The minimum absolute atomic E-state index is 0.0992. The Balaban J connectivity index is 1.57. The van der Waals surface area contributed by atoms with Crippen LogP contribution in [0.3, 0.4) is 0 Å². The normalized spacial score (nSPS) is 26.3. The van der Waals surface area contributed by atoms with Crippen molar-refractivity contribution >= 4 is 29.1 Å². The molecule has 0 spiro atoms. The zero-order chi connectivity index (χ0) is 14.1. The van der Waals surface area contributed by atoms with E-state index < -0.39 is 0 Å². The van der Waals surface area contributed by atoms with Gasteiger partial charge in [-0.05, 0) is 56.0 Å². The molecule has 1 saturated carbocycles. The molecule has 1 aliphatic heterocycles. The van der Waals surface area contributed by atoms with Gasteiger partial charge >= 0.3 is 0 Å². The molecule has 1 aromatic carbocycles. The molecule has 2 fully saturated rings. The third-order valence-corrected chi connectivity index (χ3v) is 4.92. The van der Waals surface area contributed by atoms with Gasteiger partial charge in [0, 0.05) is 12.0 Å². The zero-order valence-electron chi connectivity index (χ0n) is 11.2. The second kappa shape index (κ2) is 5.92. The van der Waals surface area contributed by atoms with Crippen LogP contribution in [0.5, 0.6) is 0 Å². The lowest BCUT2D eigenvalue weighted by atomic mass is 10.1. The molecule has 20 heavy (non-hydrogen) atoms. The molecule has 0 bridgehead atoms. The smallest absolute Gasteiger partial charge is 0.223 e. The number of benzene rings is 1. The maximum Gasteiger partial charge on any atom is 0.223 e. The molecule has 1 heterocycles. The highest BCUT2D eigenvalue weighted by atomic mass is 35.5. The lowest BCUT2D eigenvalue weighted by molar-refractivity contribution is -0.123. The maximum absolute atomic E-state index is 12.2.